The molecule has 2 aromatic rings. The molecule has 162 valence electrons. The van der Waals surface area contributed by atoms with E-state index in [-0.39, 0.29) is 0 Å². The van der Waals surface area contributed by atoms with Gasteiger partial charge >= 0.3 is 0 Å². The van der Waals surface area contributed by atoms with Gasteiger partial charge in [0.2, 0.25) is 5.88 Å². The summed E-state index contributed by atoms with van der Waals surface area (Å²) in [7, 11) is 1.63. The Balaban J connectivity index is 1.48. The highest BCUT2D eigenvalue weighted by Gasteiger charge is 2.27. The number of allylic oxidation sites excluding steroid dienone is 3. The third-order valence-electron chi connectivity index (χ3n) is 5.85. The molecule has 1 atom stereocenters. The number of ether oxygens (including phenoxy) is 3. The topological polar surface area (TPSA) is 43.8 Å². The Hall–Kier alpha value is -3.05. The van der Waals surface area contributed by atoms with Gasteiger partial charge in [-0.15, -0.1) is 0 Å². The predicted molar refractivity (Wildman–Crippen MR) is 124 cm³/mol. The average Bonchev–Trinajstić information content (AvgIpc) is 3.29. The van der Waals surface area contributed by atoms with E-state index in [4.69, 9.17) is 14.2 Å². The van der Waals surface area contributed by atoms with Crippen molar-refractivity contribution < 1.29 is 14.2 Å². The largest absolute Gasteiger partial charge is 0.486 e. The molecule has 1 saturated heterocycles. The van der Waals surface area contributed by atoms with E-state index in [0.29, 0.717) is 25.1 Å². The standard InChI is InChI=1S/C26H30N2O3/c1-4-20(11-10-19(2)22-7-5-9-26(27-22)29-3)18-28-14-6-8-23(28)21-12-13-24-25(17-21)31-16-15-30-24/h4-5,7,9-13,17,23H,1,6,8,14-16,18H2,2-3H3/b19-10+,20-11+/t23-/m0/s1. The van der Waals surface area contributed by atoms with Crippen molar-refractivity contribution in [1.82, 2.24) is 9.88 Å². The molecular weight excluding hydrogens is 388 g/mol. The maximum atomic E-state index is 5.79. The van der Waals surface area contributed by atoms with Crippen LogP contribution in [-0.4, -0.2) is 43.3 Å². The molecular formula is C26H30N2O3. The number of aromatic nitrogens is 1. The summed E-state index contributed by atoms with van der Waals surface area (Å²) in [5.74, 6) is 2.33. The summed E-state index contributed by atoms with van der Waals surface area (Å²) in [6.07, 6.45) is 8.53. The van der Waals surface area contributed by atoms with Crippen molar-refractivity contribution in [2.75, 3.05) is 33.4 Å². The zero-order chi connectivity index (χ0) is 21.6. The molecule has 5 nitrogen and oxygen atoms in total. The molecule has 1 aromatic carbocycles. The second-order valence-corrected chi connectivity index (χ2v) is 7.89. The van der Waals surface area contributed by atoms with E-state index in [9.17, 15) is 0 Å². The summed E-state index contributed by atoms with van der Waals surface area (Å²) < 4.78 is 16.7. The van der Waals surface area contributed by atoms with Crippen molar-refractivity contribution in [1.29, 1.82) is 0 Å². The molecule has 0 N–H and O–H groups in total. The van der Waals surface area contributed by atoms with Gasteiger partial charge in [-0.1, -0.05) is 36.9 Å². The molecule has 5 heteroatoms. The van der Waals surface area contributed by atoms with Crippen LogP contribution in [0.25, 0.3) is 5.57 Å². The van der Waals surface area contributed by atoms with Crippen molar-refractivity contribution in [3.05, 3.63) is 78.0 Å². The molecule has 31 heavy (non-hydrogen) atoms. The third kappa shape index (κ3) is 5.00. The van der Waals surface area contributed by atoms with Gasteiger partial charge in [0.15, 0.2) is 11.5 Å². The van der Waals surface area contributed by atoms with Gasteiger partial charge in [0.05, 0.1) is 12.8 Å². The van der Waals surface area contributed by atoms with Crippen LogP contribution in [0.5, 0.6) is 17.4 Å². The fourth-order valence-corrected chi connectivity index (χ4v) is 4.15. The SMILES string of the molecule is C=C/C(=C\C=C(/C)c1cccc(OC)n1)CN1CCC[C@H]1c1ccc2c(c1)OCCO2. The molecule has 0 saturated carbocycles. The molecule has 4 rings (SSSR count). The zero-order valence-corrected chi connectivity index (χ0v) is 18.3. The quantitative estimate of drug-likeness (QED) is 0.577. The Morgan fingerprint density at radius 1 is 1.19 bits per heavy atom. The number of benzene rings is 1. The predicted octanol–water partition coefficient (Wildman–Crippen LogP) is 5.21. The number of fused-ring (bicyclic) bond motifs is 1. The Labute approximate surface area is 184 Å². The second-order valence-electron chi connectivity index (χ2n) is 7.89. The summed E-state index contributed by atoms with van der Waals surface area (Å²) in [5.41, 5.74) is 4.47. The molecule has 2 aliphatic heterocycles. The molecule has 1 aromatic heterocycles. The van der Waals surface area contributed by atoms with E-state index in [0.717, 1.165) is 42.3 Å². The number of pyridine rings is 1. The Morgan fingerprint density at radius 2 is 2.03 bits per heavy atom. The van der Waals surface area contributed by atoms with Crippen LogP contribution in [0.4, 0.5) is 0 Å². The smallest absolute Gasteiger partial charge is 0.213 e. The zero-order valence-electron chi connectivity index (χ0n) is 18.3. The minimum absolute atomic E-state index is 0.379. The van der Waals surface area contributed by atoms with Crippen LogP contribution in [0.3, 0.4) is 0 Å². The number of hydrogen-bond donors (Lipinski definition) is 0. The van der Waals surface area contributed by atoms with Crippen molar-refractivity contribution in [3.63, 3.8) is 0 Å². The van der Waals surface area contributed by atoms with Crippen molar-refractivity contribution in [3.8, 4) is 17.4 Å². The van der Waals surface area contributed by atoms with E-state index in [1.54, 1.807) is 7.11 Å². The molecule has 0 aliphatic carbocycles. The van der Waals surface area contributed by atoms with Gasteiger partial charge in [-0.25, -0.2) is 4.98 Å². The van der Waals surface area contributed by atoms with Crippen LogP contribution in [0.15, 0.2) is 66.8 Å². The fraction of sp³-hybridized carbons (Fsp3) is 0.346. The lowest BCUT2D eigenvalue weighted by molar-refractivity contribution is 0.171. The highest BCUT2D eigenvalue weighted by Crippen LogP contribution is 2.38. The van der Waals surface area contributed by atoms with Gasteiger partial charge in [-0.3, -0.25) is 4.90 Å². The number of nitrogens with zero attached hydrogens (tertiary/aromatic N) is 2. The van der Waals surface area contributed by atoms with Gasteiger partial charge in [-0.2, -0.15) is 0 Å². The van der Waals surface area contributed by atoms with E-state index in [2.05, 4.69) is 47.7 Å². The summed E-state index contributed by atoms with van der Waals surface area (Å²) in [4.78, 5) is 7.03. The molecule has 0 bridgehead atoms. The van der Waals surface area contributed by atoms with Crippen molar-refractivity contribution in [2.24, 2.45) is 0 Å². The van der Waals surface area contributed by atoms with Crippen LogP contribution < -0.4 is 14.2 Å². The van der Waals surface area contributed by atoms with Crippen LogP contribution >= 0.6 is 0 Å². The first kappa shape index (κ1) is 21.2. The van der Waals surface area contributed by atoms with E-state index in [1.165, 1.54) is 17.6 Å². The van der Waals surface area contributed by atoms with Crippen LogP contribution in [0, 0.1) is 0 Å². The average molecular weight is 419 g/mol. The number of likely N-dealkylation sites (tertiary alicyclic amines) is 1. The Bertz CT molecular complexity index is 996. The second kappa shape index (κ2) is 9.84. The summed E-state index contributed by atoms with van der Waals surface area (Å²) in [6, 6.07) is 12.5. The first-order valence-corrected chi connectivity index (χ1v) is 10.8. The molecule has 0 radical (unpaired) electrons. The van der Waals surface area contributed by atoms with Gasteiger partial charge in [0.1, 0.15) is 13.2 Å². The fourth-order valence-electron chi connectivity index (χ4n) is 4.15. The lowest BCUT2D eigenvalue weighted by atomic mass is 10.0. The minimum Gasteiger partial charge on any atom is -0.486 e. The lowest BCUT2D eigenvalue weighted by Crippen LogP contribution is -2.25. The molecule has 0 unspecified atom stereocenters. The highest BCUT2D eigenvalue weighted by atomic mass is 16.6. The maximum Gasteiger partial charge on any atom is 0.213 e. The van der Waals surface area contributed by atoms with E-state index >= 15 is 0 Å². The normalized spacial score (nSPS) is 19.4. The molecule has 2 aliphatic rings. The lowest BCUT2D eigenvalue weighted by Gasteiger charge is -2.27. The van der Waals surface area contributed by atoms with Crippen molar-refractivity contribution >= 4 is 5.57 Å². The number of hydrogen-bond acceptors (Lipinski definition) is 5. The number of rotatable bonds is 7. The van der Waals surface area contributed by atoms with Crippen molar-refractivity contribution in [2.45, 2.75) is 25.8 Å². The van der Waals surface area contributed by atoms with Crippen LogP contribution in [-0.2, 0) is 0 Å². The summed E-state index contributed by atoms with van der Waals surface area (Å²) >= 11 is 0. The molecule has 0 spiro atoms. The molecule has 1 fully saturated rings. The van der Waals surface area contributed by atoms with E-state index in [1.807, 2.05) is 30.3 Å². The summed E-state index contributed by atoms with van der Waals surface area (Å²) in [6.45, 7) is 9.27. The Kier molecular flexibility index (Phi) is 6.73. The van der Waals surface area contributed by atoms with E-state index < -0.39 is 0 Å². The van der Waals surface area contributed by atoms with Gasteiger partial charge in [0.25, 0.3) is 0 Å². The summed E-state index contributed by atoms with van der Waals surface area (Å²) in [5, 5.41) is 0. The minimum atomic E-state index is 0.379. The van der Waals surface area contributed by atoms with Gasteiger partial charge < -0.3 is 14.2 Å². The van der Waals surface area contributed by atoms with Crippen LogP contribution in [0.2, 0.25) is 0 Å². The van der Waals surface area contributed by atoms with Gasteiger partial charge in [0, 0.05) is 18.7 Å². The first-order valence-electron chi connectivity index (χ1n) is 10.8. The maximum absolute atomic E-state index is 5.79. The third-order valence-corrected chi connectivity index (χ3v) is 5.85. The Morgan fingerprint density at radius 3 is 2.84 bits per heavy atom. The number of methoxy groups -OCH3 is 1. The monoisotopic (exact) mass is 418 g/mol. The highest BCUT2D eigenvalue weighted by molar-refractivity contribution is 5.63. The molecule has 3 heterocycles. The van der Waals surface area contributed by atoms with Crippen LogP contribution in [0.1, 0.15) is 37.1 Å². The first-order chi connectivity index (χ1) is 15.2. The van der Waals surface area contributed by atoms with Gasteiger partial charge in [-0.05, 0) is 61.2 Å². The molecule has 0 amide bonds.